The molecule has 3 heterocycles. The second-order valence-corrected chi connectivity index (χ2v) is 6.69. The number of nitrogens with two attached hydrogens (primary N) is 2. The summed E-state index contributed by atoms with van der Waals surface area (Å²) in [6.45, 7) is 6.05. The van der Waals surface area contributed by atoms with Gasteiger partial charge in [0.25, 0.3) is 0 Å². The maximum atomic E-state index is 8.36. The Hall–Kier alpha value is -3.00. The molecule has 1 aliphatic heterocycles. The van der Waals surface area contributed by atoms with Crippen LogP contribution < -0.4 is 11.7 Å². The molecule has 1 aliphatic rings. The number of aliphatic hydroxyl groups excluding tert-OH is 2. The highest BCUT2D eigenvalue weighted by Crippen LogP contribution is 2.13. The molecule has 13 nitrogen and oxygen atoms in total. The summed E-state index contributed by atoms with van der Waals surface area (Å²) in [6.07, 6.45) is 10.9. The molecule has 0 bridgehead atoms. The van der Waals surface area contributed by atoms with Gasteiger partial charge in [0.15, 0.2) is 6.29 Å². The van der Waals surface area contributed by atoms with E-state index in [1.165, 1.54) is 6.42 Å². The number of ether oxygens (including phenoxy) is 4. The lowest BCUT2D eigenvalue weighted by molar-refractivity contribution is -0.154. The van der Waals surface area contributed by atoms with Crippen LogP contribution in [0.15, 0.2) is 24.5 Å². The normalized spacial score (nSPS) is 12.8. The first-order valence-corrected chi connectivity index (χ1v) is 11.9. The zero-order valence-electron chi connectivity index (χ0n) is 22.5. The van der Waals surface area contributed by atoms with Gasteiger partial charge in [-0.2, -0.15) is 15.5 Å². The van der Waals surface area contributed by atoms with E-state index < -0.39 is 6.29 Å². The van der Waals surface area contributed by atoms with Gasteiger partial charge in [0, 0.05) is 37.9 Å². The van der Waals surface area contributed by atoms with E-state index in [1.807, 2.05) is 25.8 Å². The van der Waals surface area contributed by atoms with Crippen LogP contribution >= 0.6 is 12.4 Å². The second kappa shape index (κ2) is 33.0. The van der Waals surface area contributed by atoms with Crippen molar-refractivity contribution >= 4 is 12.4 Å². The smallest absolute Gasteiger partial charge is 0.222 e. The number of hydrogen-bond acceptors (Lipinski definition) is 11. The number of rotatable bonds is 8. The number of aliphatic hydroxyl groups is 2. The third-order valence-electron chi connectivity index (χ3n) is 3.98. The topological polar surface area (TPSA) is 211 Å². The Kier molecular flexibility index (Phi) is 34.3. The molecular weight excluding hydrogens is 530 g/mol. The van der Waals surface area contributed by atoms with Crippen LogP contribution in [0.25, 0.3) is 0 Å². The van der Waals surface area contributed by atoms with Crippen LogP contribution in [0.5, 0.6) is 0 Å². The first-order valence-electron chi connectivity index (χ1n) is 11.9. The van der Waals surface area contributed by atoms with Crippen LogP contribution in [0.1, 0.15) is 44.5 Å². The number of halogens is 1. The number of nitriles is 1. The molecule has 2 aromatic rings. The van der Waals surface area contributed by atoms with E-state index >= 15 is 0 Å². The van der Waals surface area contributed by atoms with Crippen molar-refractivity contribution in [3.63, 3.8) is 0 Å². The summed E-state index contributed by atoms with van der Waals surface area (Å²) in [6, 6.07) is 5.50. The van der Waals surface area contributed by atoms with E-state index in [-0.39, 0.29) is 31.9 Å². The largest absolute Gasteiger partial charge is 0.390 e. The van der Waals surface area contributed by atoms with E-state index in [2.05, 4.69) is 50.3 Å². The van der Waals surface area contributed by atoms with Crippen molar-refractivity contribution < 1.29 is 29.2 Å². The Morgan fingerprint density at radius 3 is 2.10 bits per heavy atom. The molecule has 1 fully saturated rings. The summed E-state index contributed by atoms with van der Waals surface area (Å²) in [5, 5.41) is 36.7. The summed E-state index contributed by atoms with van der Waals surface area (Å²) in [7, 11) is 0. The van der Waals surface area contributed by atoms with Crippen molar-refractivity contribution in [2.45, 2.75) is 58.7 Å². The summed E-state index contributed by atoms with van der Waals surface area (Å²) >= 11 is 0. The Bertz CT molecular complexity index is 866. The van der Waals surface area contributed by atoms with E-state index in [0.29, 0.717) is 26.2 Å². The van der Waals surface area contributed by atoms with Crippen molar-refractivity contribution in [1.82, 2.24) is 20.4 Å². The average molecular weight is 572 g/mol. The average Bonchev–Trinajstić information content (AvgIpc) is 3.69. The van der Waals surface area contributed by atoms with Gasteiger partial charge in [0.1, 0.15) is 13.2 Å². The number of hydrogen-bond donors (Lipinski definition) is 6. The Morgan fingerprint density at radius 1 is 1.13 bits per heavy atom. The summed E-state index contributed by atoms with van der Waals surface area (Å²) in [5.74, 6) is 15.8. The van der Waals surface area contributed by atoms with Crippen LogP contribution in [0.2, 0.25) is 0 Å². The van der Waals surface area contributed by atoms with Crippen molar-refractivity contribution in [3.8, 4) is 30.3 Å². The molecule has 3 rings (SSSR count). The standard InChI is InChI=1S/C13H22O4.C5H5N3.C4H6N2O.C3H4O.ClH.H4N2/c1-3-14-12(15-4-2)9-7-11-17-13-8-5-6-10-16-13;6-3-1-5-2-4-7-8-5;7-3-4-1-2-5-6-4;1-2-3-4;;1-2/h12-13H,3-6,8,10-11H2,1-2H3;2,4H,1H2,(H,7,8);1-2,7H,3H2,(H,5,6);1,4H,3H2;1H;1-2H2. The second-order valence-electron chi connectivity index (χ2n) is 6.69. The van der Waals surface area contributed by atoms with Gasteiger partial charge in [0.05, 0.1) is 24.8 Å². The number of aromatic nitrogens is 4. The predicted octanol–water partition coefficient (Wildman–Crippen LogP) is 1.16. The third kappa shape index (κ3) is 26.4. The minimum absolute atomic E-state index is 0. The molecule has 14 heteroatoms. The summed E-state index contributed by atoms with van der Waals surface area (Å²) in [5.41, 5.74) is 1.62. The first kappa shape index (κ1) is 40.5. The molecule has 220 valence electrons. The van der Waals surface area contributed by atoms with E-state index in [1.54, 1.807) is 24.5 Å². The third-order valence-corrected chi connectivity index (χ3v) is 3.98. The number of H-pyrrole nitrogens is 2. The molecule has 0 saturated carbocycles. The quantitative estimate of drug-likeness (QED) is 0.114. The molecule has 1 atom stereocenters. The molecule has 2 aromatic heterocycles. The fraction of sp³-hybridized carbons (Fsp3) is 0.560. The van der Waals surface area contributed by atoms with Gasteiger partial charge in [-0.25, -0.2) is 0 Å². The zero-order chi connectivity index (χ0) is 28.7. The number of terminal acetylenes is 1. The van der Waals surface area contributed by atoms with Crippen LogP contribution in [-0.4, -0.2) is 76.2 Å². The molecule has 8 N–H and O–H groups in total. The summed E-state index contributed by atoms with van der Waals surface area (Å²) < 4.78 is 21.5. The number of nitrogens with zero attached hydrogens (tertiary/aromatic N) is 3. The van der Waals surface area contributed by atoms with Gasteiger partial charge < -0.3 is 29.2 Å². The van der Waals surface area contributed by atoms with E-state index in [9.17, 15) is 0 Å². The molecule has 39 heavy (non-hydrogen) atoms. The minimum atomic E-state index is -0.444. The molecule has 0 amide bonds. The zero-order valence-corrected chi connectivity index (χ0v) is 23.4. The summed E-state index contributed by atoms with van der Waals surface area (Å²) in [4.78, 5) is 0. The SMILES string of the molecule is C#CCO.CCOC(C#CCOC1CCCCO1)OCC.Cl.N#CCc1ccn[nH]1.NN.OCc1ccn[nH]1. The molecule has 0 aliphatic carbocycles. The lowest BCUT2D eigenvalue weighted by Crippen LogP contribution is -2.22. The Labute approximate surface area is 236 Å². The fourth-order valence-corrected chi connectivity index (χ4v) is 2.38. The fourth-order valence-electron chi connectivity index (χ4n) is 2.38. The highest BCUT2D eigenvalue weighted by Gasteiger charge is 2.12. The highest BCUT2D eigenvalue weighted by molar-refractivity contribution is 5.85. The highest BCUT2D eigenvalue weighted by atomic mass is 35.5. The van der Waals surface area contributed by atoms with Gasteiger partial charge in [-0.15, -0.1) is 18.8 Å². The van der Waals surface area contributed by atoms with Crippen molar-refractivity contribution in [1.29, 1.82) is 5.26 Å². The van der Waals surface area contributed by atoms with Crippen LogP contribution in [0.4, 0.5) is 0 Å². The molecule has 1 saturated heterocycles. The Morgan fingerprint density at radius 2 is 1.72 bits per heavy atom. The molecule has 0 spiro atoms. The molecular formula is C25H42ClN7O6. The number of hydrazine groups is 1. The molecule has 1 unspecified atom stereocenters. The van der Waals surface area contributed by atoms with Crippen molar-refractivity contribution in [2.75, 3.05) is 33.0 Å². The predicted molar refractivity (Wildman–Crippen MR) is 148 cm³/mol. The van der Waals surface area contributed by atoms with Crippen molar-refractivity contribution in [3.05, 3.63) is 35.9 Å². The number of aromatic amines is 2. The molecule has 0 aromatic carbocycles. The van der Waals surface area contributed by atoms with Crippen LogP contribution in [0, 0.1) is 35.5 Å². The molecule has 0 radical (unpaired) electrons. The lowest BCUT2D eigenvalue weighted by Gasteiger charge is -2.21. The van der Waals surface area contributed by atoms with E-state index in [0.717, 1.165) is 30.8 Å². The first-order chi connectivity index (χ1) is 18.6. The monoisotopic (exact) mass is 571 g/mol. The lowest BCUT2D eigenvalue weighted by atomic mass is 10.2. The van der Waals surface area contributed by atoms with Gasteiger partial charge in [-0.05, 0) is 51.2 Å². The van der Waals surface area contributed by atoms with Gasteiger partial charge >= 0.3 is 0 Å². The van der Waals surface area contributed by atoms with Gasteiger partial charge in [-0.3, -0.25) is 21.9 Å². The number of nitrogens with one attached hydrogen (secondary N) is 2. The van der Waals surface area contributed by atoms with Crippen molar-refractivity contribution in [2.24, 2.45) is 11.7 Å². The van der Waals surface area contributed by atoms with Crippen LogP contribution in [0.3, 0.4) is 0 Å². The maximum absolute atomic E-state index is 8.36. The van der Waals surface area contributed by atoms with Crippen LogP contribution in [-0.2, 0) is 32.0 Å². The van der Waals surface area contributed by atoms with Gasteiger partial charge in [0.2, 0.25) is 6.29 Å². The van der Waals surface area contributed by atoms with Gasteiger partial charge in [-0.1, -0.05) is 11.8 Å². The van der Waals surface area contributed by atoms with E-state index in [4.69, 9.17) is 34.4 Å². The maximum Gasteiger partial charge on any atom is 0.222 e. The Balaban J connectivity index is -0.000000490. The minimum Gasteiger partial charge on any atom is -0.390 e.